The fourth-order valence-electron chi connectivity index (χ4n) is 2.29. The van der Waals surface area contributed by atoms with Gasteiger partial charge in [0, 0.05) is 10.9 Å². The van der Waals surface area contributed by atoms with Crippen molar-refractivity contribution >= 4 is 22.8 Å². The molecule has 0 fully saturated rings. The maximum Gasteiger partial charge on any atom is 0.298 e. The minimum Gasteiger partial charge on any atom is -0.370 e. The number of aliphatic imine (C=N–C) groups is 1. The predicted molar refractivity (Wildman–Crippen MR) is 87.3 cm³/mol. The molecule has 0 radical (unpaired) electrons. The molecule has 1 heterocycles. The first kappa shape index (κ1) is 13.8. The fraction of sp³-hybridized carbons (Fsp3) is 0. The molecule has 0 spiro atoms. The number of guanidine groups is 1. The van der Waals surface area contributed by atoms with Crippen LogP contribution in [0.2, 0.25) is 0 Å². The number of para-hydroxylation sites is 1. The number of aromatic nitrogens is 1. The lowest BCUT2D eigenvalue weighted by Gasteiger charge is -2.07. The van der Waals surface area contributed by atoms with E-state index in [-0.39, 0.29) is 11.7 Å². The molecular weight excluding hydrogens is 276 g/mol. The Balaban J connectivity index is 2.19. The number of rotatable bonds is 2. The van der Waals surface area contributed by atoms with Gasteiger partial charge in [0.15, 0.2) is 5.96 Å². The van der Waals surface area contributed by atoms with E-state index in [1.807, 2.05) is 54.6 Å². The Hall–Kier alpha value is -3.21. The lowest BCUT2D eigenvalue weighted by atomic mass is 10.0. The molecule has 108 valence electrons. The van der Waals surface area contributed by atoms with Crippen LogP contribution in [0, 0.1) is 0 Å². The quantitative estimate of drug-likeness (QED) is 0.559. The van der Waals surface area contributed by atoms with Crippen LogP contribution in [0.1, 0.15) is 10.5 Å². The van der Waals surface area contributed by atoms with Gasteiger partial charge in [-0.05, 0) is 11.6 Å². The number of hydrogen-bond acceptors (Lipinski definition) is 2. The topological polar surface area (TPSA) is 94.4 Å². The van der Waals surface area contributed by atoms with Crippen molar-refractivity contribution in [2.45, 2.75) is 0 Å². The number of fused-ring (bicyclic) bond motifs is 1. The summed E-state index contributed by atoms with van der Waals surface area (Å²) in [4.78, 5) is 19.9. The van der Waals surface area contributed by atoms with Crippen molar-refractivity contribution in [3.8, 4) is 11.1 Å². The molecule has 0 aliphatic rings. The molecule has 0 aliphatic heterocycles. The smallest absolute Gasteiger partial charge is 0.298 e. The summed E-state index contributed by atoms with van der Waals surface area (Å²) in [6, 6.07) is 19.2. The van der Waals surface area contributed by atoms with Crippen LogP contribution in [0.15, 0.2) is 65.7 Å². The third kappa shape index (κ3) is 2.64. The molecule has 5 nitrogen and oxygen atoms in total. The van der Waals surface area contributed by atoms with Gasteiger partial charge in [-0.15, -0.1) is 0 Å². The van der Waals surface area contributed by atoms with Crippen molar-refractivity contribution < 1.29 is 4.79 Å². The second-order valence-corrected chi connectivity index (χ2v) is 4.78. The number of nitrogens with two attached hydrogens (primary N) is 2. The molecule has 3 aromatic rings. The molecule has 0 unspecified atom stereocenters. The first-order valence-corrected chi connectivity index (χ1v) is 6.74. The van der Waals surface area contributed by atoms with E-state index in [4.69, 9.17) is 11.5 Å². The van der Waals surface area contributed by atoms with Crippen LogP contribution in [0.4, 0.5) is 0 Å². The minimum absolute atomic E-state index is 0.212. The Kier molecular flexibility index (Phi) is 3.53. The van der Waals surface area contributed by atoms with E-state index in [1.54, 1.807) is 6.07 Å². The van der Waals surface area contributed by atoms with Gasteiger partial charge in [-0.1, -0.05) is 54.6 Å². The summed E-state index contributed by atoms with van der Waals surface area (Å²) in [5, 5.41) is 0.947. The van der Waals surface area contributed by atoms with Crippen molar-refractivity contribution in [3.63, 3.8) is 0 Å². The number of amides is 1. The number of benzene rings is 2. The second kappa shape index (κ2) is 5.65. The van der Waals surface area contributed by atoms with Crippen LogP contribution in [-0.4, -0.2) is 16.9 Å². The zero-order valence-corrected chi connectivity index (χ0v) is 11.7. The summed E-state index contributed by atoms with van der Waals surface area (Å²) in [6.07, 6.45) is 0. The molecule has 0 bridgehead atoms. The molecule has 22 heavy (non-hydrogen) atoms. The van der Waals surface area contributed by atoms with Crippen LogP contribution in [0.3, 0.4) is 0 Å². The maximum absolute atomic E-state index is 11.9. The third-order valence-electron chi connectivity index (χ3n) is 3.25. The van der Waals surface area contributed by atoms with Gasteiger partial charge < -0.3 is 11.5 Å². The highest BCUT2D eigenvalue weighted by atomic mass is 16.1. The van der Waals surface area contributed by atoms with Crippen LogP contribution >= 0.6 is 0 Å². The predicted octanol–water partition coefficient (Wildman–Crippen LogP) is 2.32. The average molecular weight is 290 g/mol. The largest absolute Gasteiger partial charge is 0.370 e. The third-order valence-corrected chi connectivity index (χ3v) is 3.25. The molecule has 2 aromatic carbocycles. The van der Waals surface area contributed by atoms with Gasteiger partial charge in [0.05, 0.1) is 5.52 Å². The lowest BCUT2D eigenvalue weighted by molar-refractivity contribution is 0.0998. The van der Waals surface area contributed by atoms with Crippen LogP contribution in [-0.2, 0) is 0 Å². The van der Waals surface area contributed by atoms with Crippen molar-refractivity contribution in [3.05, 3.63) is 66.4 Å². The Bertz CT molecular complexity index is 868. The number of carbonyl (C=O) groups is 1. The van der Waals surface area contributed by atoms with Crippen LogP contribution in [0.25, 0.3) is 22.0 Å². The zero-order valence-electron chi connectivity index (χ0n) is 11.7. The molecule has 4 N–H and O–H groups in total. The SMILES string of the molecule is NC(N)=NC(=O)c1ccc2cccc(-c3ccccc3)c2n1. The second-order valence-electron chi connectivity index (χ2n) is 4.78. The van der Waals surface area contributed by atoms with Gasteiger partial charge >= 0.3 is 0 Å². The van der Waals surface area contributed by atoms with E-state index in [0.717, 1.165) is 22.0 Å². The Labute approximate surface area is 127 Å². The van der Waals surface area contributed by atoms with Gasteiger partial charge in [0.1, 0.15) is 5.69 Å². The number of pyridine rings is 1. The Morgan fingerprint density at radius 3 is 2.41 bits per heavy atom. The minimum atomic E-state index is -0.551. The summed E-state index contributed by atoms with van der Waals surface area (Å²) < 4.78 is 0. The molecule has 0 atom stereocenters. The van der Waals surface area contributed by atoms with Gasteiger partial charge in [-0.2, -0.15) is 4.99 Å². The van der Waals surface area contributed by atoms with E-state index >= 15 is 0 Å². The standard InChI is InChI=1S/C17H14N4O/c18-17(19)21-16(22)14-10-9-12-7-4-8-13(15(12)20-14)11-5-2-1-3-6-11/h1-10H,(H4,18,19,21,22). The van der Waals surface area contributed by atoms with Crippen molar-refractivity contribution in [2.24, 2.45) is 16.5 Å². The number of nitrogens with zero attached hydrogens (tertiary/aromatic N) is 2. The molecule has 1 amide bonds. The molecule has 5 heteroatoms. The highest BCUT2D eigenvalue weighted by Crippen LogP contribution is 2.27. The molecule has 0 saturated heterocycles. The van der Waals surface area contributed by atoms with Crippen LogP contribution < -0.4 is 11.5 Å². The molecule has 0 saturated carbocycles. The normalized spacial score (nSPS) is 10.4. The maximum atomic E-state index is 11.9. The van der Waals surface area contributed by atoms with Gasteiger partial charge in [0.2, 0.25) is 0 Å². The van der Waals surface area contributed by atoms with Crippen molar-refractivity contribution in [1.29, 1.82) is 0 Å². The highest BCUT2D eigenvalue weighted by Gasteiger charge is 2.10. The monoisotopic (exact) mass is 290 g/mol. The highest BCUT2D eigenvalue weighted by molar-refractivity contribution is 6.03. The molecular formula is C17H14N4O. The summed E-state index contributed by atoms with van der Waals surface area (Å²) >= 11 is 0. The summed E-state index contributed by atoms with van der Waals surface area (Å²) in [6.45, 7) is 0. The first-order chi connectivity index (χ1) is 10.6. The average Bonchev–Trinajstić information content (AvgIpc) is 2.54. The Morgan fingerprint density at radius 1 is 0.909 bits per heavy atom. The van der Waals surface area contributed by atoms with E-state index in [0.29, 0.717) is 0 Å². The molecule has 1 aromatic heterocycles. The van der Waals surface area contributed by atoms with E-state index in [9.17, 15) is 4.79 Å². The van der Waals surface area contributed by atoms with E-state index in [2.05, 4.69) is 9.98 Å². The number of hydrogen-bond donors (Lipinski definition) is 2. The first-order valence-electron chi connectivity index (χ1n) is 6.74. The summed E-state index contributed by atoms with van der Waals surface area (Å²) in [5.74, 6) is -0.826. The van der Waals surface area contributed by atoms with E-state index < -0.39 is 5.91 Å². The van der Waals surface area contributed by atoms with Gasteiger partial charge in [-0.3, -0.25) is 4.79 Å². The zero-order chi connectivity index (χ0) is 15.5. The van der Waals surface area contributed by atoms with Gasteiger partial charge in [0.25, 0.3) is 5.91 Å². The number of carbonyl (C=O) groups excluding carboxylic acids is 1. The molecule has 3 rings (SSSR count). The summed E-state index contributed by atoms with van der Waals surface area (Å²) in [5.41, 5.74) is 13.4. The Morgan fingerprint density at radius 2 is 1.68 bits per heavy atom. The van der Waals surface area contributed by atoms with Crippen molar-refractivity contribution in [1.82, 2.24) is 4.98 Å². The van der Waals surface area contributed by atoms with Crippen molar-refractivity contribution in [2.75, 3.05) is 0 Å². The molecule has 0 aliphatic carbocycles. The van der Waals surface area contributed by atoms with Crippen LogP contribution in [0.5, 0.6) is 0 Å². The van der Waals surface area contributed by atoms with Gasteiger partial charge in [-0.25, -0.2) is 4.98 Å². The fourth-order valence-corrected chi connectivity index (χ4v) is 2.29. The van der Waals surface area contributed by atoms with E-state index in [1.165, 1.54) is 0 Å². The summed E-state index contributed by atoms with van der Waals surface area (Å²) in [7, 11) is 0. The lowest BCUT2D eigenvalue weighted by Crippen LogP contribution is -2.24.